The molecule has 2 atom stereocenters. The summed E-state index contributed by atoms with van der Waals surface area (Å²) in [6, 6.07) is 13.3. The molecule has 1 aliphatic rings. The first-order chi connectivity index (χ1) is 15.4. The normalized spacial score (nSPS) is 17.6. The monoisotopic (exact) mass is 504 g/mol. The fourth-order valence-electron chi connectivity index (χ4n) is 3.52. The number of nitrogens with zero attached hydrogens (tertiary/aromatic N) is 1. The number of aliphatic carboxylic acids is 1. The topological polar surface area (TPSA) is 97.8 Å². The lowest BCUT2D eigenvalue weighted by Gasteiger charge is -2.27. The van der Waals surface area contributed by atoms with Crippen molar-refractivity contribution < 1.29 is 24.2 Å². The summed E-state index contributed by atoms with van der Waals surface area (Å²) in [5.74, 6) is -0.431. The summed E-state index contributed by atoms with van der Waals surface area (Å²) in [5, 5.41) is 12.2. The minimum atomic E-state index is -1.31. The predicted molar refractivity (Wildman–Crippen MR) is 124 cm³/mol. The second-order valence-corrected chi connectivity index (χ2v) is 8.95. The van der Waals surface area contributed by atoms with Crippen molar-refractivity contribution in [2.75, 3.05) is 13.2 Å². The number of hydrogen-bond acceptors (Lipinski definition) is 5. The Morgan fingerprint density at radius 1 is 1.12 bits per heavy atom. The van der Waals surface area contributed by atoms with Crippen molar-refractivity contribution in [3.05, 3.63) is 58.2 Å². The van der Waals surface area contributed by atoms with Crippen LogP contribution in [0.3, 0.4) is 0 Å². The molecule has 0 saturated heterocycles. The van der Waals surface area contributed by atoms with E-state index in [1.807, 2.05) is 30.3 Å². The zero-order chi connectivity index (χ0) is 23.1. The molecule has 0 radical (unpaired) electrons. The van der Waals surface area contributed by atoms with Crippen LogP contribution in [0.5, 0.6) is 5.88 Å². The van der Waals surface area contributed by atoms with Crippen LogP contribution >= 0.6 is 15.9 Å². The Labute approximate surface area is 196 Å². The van der Waals surface area contributed by atoms with Crippen LogP contribution in [-0.2, 0) is 16.1 Å². The number of carbonyl (C=O) groups excluding carboxylic acids is 1. The molecular formula is C24H29BrN2O5. The number of pyridine rings is 1. The number of carbonyl (C=O) groups is 2. The maximum absolute atomic E-state index is 12.7. The van der Waals surface area contributed by atoms with Gasteiger partial charge in [-0.25, -0.2) is 9.78 Å². The van der Waals surface area contributed by atoms with E-state index in [0.717, 1.165) is 12.0 Å². The van der Waals surface area contributed by atoms with Crippen molar-refractivity contribution in [1.82, 2.24) is 10.3 Å². The van der Waals surface area contributed by atoms with Crippen LogP contribution in [0, 0.1) is 11.8 Å². The van der Waals surface area contributed by atoms with Gasteiger partial charge in [-0.3, -0.25) is 4.79 Å². The van der Waals surface area contributed by atoms with Gasteiger partial charge in [0, 0.05) is 0 Å². The van der Waals surface area contributed by atoms with Gasteiger partial charge in [-0.2, -0.15) is 0 Å². The number of hydrogen-bond donors (Lipinski definition) is 2. The number of carboxylic acids is 1. The summed E-state index contributed by atoms with van der Waals surface area (Å²) in [6.45, 7) is 5.24. The number of amides is 1. The molecule has 1 aromatic carbocycles. The zero-order valence-electron chi connectivity index (χ0n) is 18.3. The first-order valence-corrected chi connectivity index (χ1v) is 11.6. The molecule has 1 fully saturated rings. The Bertz CT molecular complexity index is 933. The van der Waals surface area contributed by atoms with Gasteiger partial charge in [0.25, 0.3) is 5.91 Å². The van der Waals surface area contributed by atoms with Crippen LogP contribution in [-0.4, -0.2) is 40.7 Å². The van der Waals surface area contributed by atoms with Gasteiger partial charge in [0.1, 0.15) is 11.2 Å². The fourth-order valence-corrected chi connectivity index (χ4v) is 3.86. The molecule has 2 aromatic rings. The van der Waals surface area contributed by atoms with Crippen LogP contribution in [0.25, 0.3) is 0 Å². The summed E-state index contributed by atoms with van der Waals surface area (Å²) >= 11 is 3.41. The molecule has 1 amide bonds. The third-order valence-electron chi connectivity index (χ3n) is 5.96. The molecule has 0 bridgehead atoms. The van der Waals surface area contributed by atoms with E-state index in [1.165, 1.54) is 0 Å². The van der Waals surface area contributed by atoms with Gasteiger partial charge in [-0.05, 0) is 64.7 Å². The van der Waals surface area contributed by atoms with E-state index in [-0.39, 0.29) is 18.5 Å². The molecule has 2 N–H and O–H groups in total. The Morgan fingerprint density at radius 2 is 1.81 bits per heavy atom. The van der Waals surface area contributed by atoms with Crippen LogP contribution in [0.15, 0.2) is 46.9 Å². The number of nitrogens with one attached hydrogen (secondary N) is 1. The fraction of sp³-hybridized carbons (Fsp3) is 0.458. The second kappa shape index (κ2) is 10.9. The van der Waals surface area contributed by atoms with E-state index in [0.29, 0.717) is 42.0 Å². The third kappa shape index (κ3) is 6.07. The average molecular weight is 505 g/mol. The van der Waals surface area contributed by atoms with E-state index in [9.17, 15) is 14.7 Å². The molecule has 0 spiro atoms. The summed E-state index contributed by atoms with van der Waals surface area (Å²) in [7, 11) is 0. The van der Waals surface area contributed by atoms with Gasteiger partial charge >= 0.3 is 5.97 Å². The van der Waals surface area contributed by atoms with Crippen molar-refractivity contribution in [3.63, 3.8) is 0 Å². The van der Waals surface area contributed by atoms with Crippen LogP contribution < -0.4 is 10.1 Å². The van der Waals surface area contributed by atoms with Crippen molar-refractivity contribution in [2.45, 2.75) is 45.3 Å². The van der Waals surface area contributed by atoms with Crippen molar-refractivity contribution >= 4 is 27.8 Å². The first-order valence-electron chi connectivity index (χ1n) is 10.9. The molecule has 1 aliphatic carbocycles. The highest BCUT2D eigenvalue weighted by molar-refractivity contribution is 9.10. The third-order valence-corrected chi connectivity index (χ3v) is 6.57. The predicted octanol–water partition coefficient (Wildman–Crippen LogP) is 4.45. The van der Waals surface area contributed by atoms with Crippen LogP contribution in [0.1, 0.15) is 49.2 Å². The highest BCUT2D eigenvalue weighted by atomic mass is 79.9. The van der Waals surface area contributed by atoms with Gasteiger partial charge in [0.2, 0.25) is 5.88 Å². The van der Waals surface area contributed by atoms with Gasteiger partial charge < -0.3 is 19.9 Å². The van der Waals surface area contributed by atoms with Crippen molar-refractivity contribution in [2.24, 2.45) is 11.8 Å². The van der Waals surface area contributed by atoms with E-state index in [1.54, 1.807) is 26.0 Å². The number of aromatic nitrogens is 1. The SMILES string of the molecule is CCC(CC)(NC(=O)c1ccc(Br)c(OC[C@H]2C[C@@H]2COCc2ccccc2)n1)C(=O)O. The maximum Gasteiger partial charge on any atom is 0.329 e. The van der Waals surface area contributed by atoms with Crippen LogP contribution in [0.4, 0.5) is 0 Å². The number of halogens is 1. The van der Waals surface area contributed by atoms with Crippen molar-refractivity contribution in [1.29, 1.82) is 0 Å². The van der Waals surface area contributed by atoms with Gasteiger partial charge in [-0.1, -0.05) is 44.2 Å². The lowest BCUT2D eigenvalue weighted by atomic mass is 9.93. The molecule has 1 heterocycles. The van der Waals surface area contributed by atoms with Crippen molar-refractivity contribution in [3.8, 4) is 5.88 Å². The van der Waals surface area contributed by atoms with Crippen LogP contribution in [0.2, 0.25) is 0 Å². The average Bonchev–Trinajstić information content (AvgIpc) is 3.55. The highest BCUT2D eigenvalue weighted by Gasteiger charge is 2.38. The van der Waals surface area contributed by atoms with E-state index < -0.39 is 17.4 Å². The number of rotatable bonds is 12. The highest BCUT2D eigenvalue weighted by Crippen LogP contribution is 2.39. The quantitative estimate of drug-likeness (QED) is 0.443. The zero-order valence-corrected chi connectivity index (χ0v) is 19.9. The molecule has 172 valence electrons. The summed E-state index contributed by atoms with van der Waals surface area (Å²) < 4.78 is 12.3. The lowest BCUT2D eigenvalue weighted by molar-refractivity contribution is -0.144. The minimum Gasteiger partial charge on any atom is -0.480 e. The van der Waals surface area contributed by atoms with Gasteiger partial charge in [-0.15, -0.1) is 0 Å². The second-order valence-electron chi connectivity index (χ2n) is 8.10. The van der Waals surface area contributed by atoms with E-state index >= 15 is 0 Å². The van der Waals surface area contributed by atoms with Gasteiger partial charge in [0.15, 0.2) is 0 Å². The van der Waals surface area contributed by atoms with E-state index in [2.05, 4.69) is 26.2 Å². The summed E-state index contributed by atoms with van der Waals surface area (Å²) in [4.78, 5) is 28.6. The Balaban J connectivity index is 1.51. The number of carboxylic acid groups (broad SMARTS) is 1. The maximum atomic E-state index is 12.7. The smallest absolute Gasteiger partial charge is 0.329 e. The standard InChI is InChI=1S/C24H29BrN2O5/c1-3-24(4-2,23(29)30)27-21(28)20-11-10-19(25)22(26-20)32-15-18-12-17(18)14-31-13-16-8-6-5-7-9-16/h5-11,17-18H,3-4,12-15H2,1-2H3,(H,27,28)(H,29,30)/t17-,18-/m1/s1. The number of ether oxygens (including phenoxy) is 2. The van der Waals surface area contributed by atoms with E-state index in [4.69, 9.17) is 9.47 Å². The molecule has 0 aliphatic heterocycles. The number of benzene rings is 1. The first kappa shape index (κ1) is 24.2. The minimum absolute atomic E-state index is 0.120. The Morgan fingerprint density at radius 3 is 2.47 bits per heavy atom. The molecule has 8 heteroatoms. The molecule has 1 aromatic heterocycles. The Hall–Kier alpha value is -2.45. The summed E-state index contributed by atoms with van der Waals surface area (Å²) in [5.41, 5.74) is -0.0371. The molecule has 0 unspecified atom stereocenters. The lowest BCUT2D eigenvalue weighted by Crippen LogP contribution is -2.53. The molecule has 32 heavy (non-hydrogen) atoms. The van der Waals surface area contributed by atoms with Gasteiger partial charge in [0.05, 0.1) is 24.3 Å². The largest absolute Gasteiger partial charge is 0.480 e. The Kier molecular flexibility index (Phi) is 8.26. The molecular weight excluding hydrogens is 476 g/mol. The molecule has 1 saturated carbocycles. The summed E-state index contributed by atoms with van der Waals surface area (Å²) in [6.07, 6.45) is 1.58. The molecule has 3 rings (SSSR count). The molecule has 7 nitrogen and oxygen atoms in total.